The minimum absolute atomic E-state index is 0.0962. The summed E-state index contributed by atoms with van der Waals surface area (Å²) in [6.45, 7) is 3.41. The first-order valence-corrected chi connectivity index (χ1v) is 9.39. The van der Waals surface area contributed by atoms with E-state index in [-0.39, 0.29) is 10.8 Å². The normalized spacial score (nSPS) is 17.2. The van der Waals surface area contributed by atoms with E-state index in [1.54, 1.807) is 23.1 Å². The van der Waals surface area contributed by atoms with E-state index in [0.717, 1.165) is 38.8 Å². The number of nitrogens with zero attached hydrogens (tertiary/aromatic N) is 1. The van der Waals surface area contributed by atoms with Gasteiger partial charge in [0.05, 0.1) is 4.90 Å². The quantitative estimate of drug-likeness (QED) is 0.872. The van der Waals surface area contributed by atoms with Gasteiger partial charge in [-0.1, -0.05) is 31.5 Å². The summed E-state index contributed by atoms with van der Waals surface area (Å²) in [6.07, 6.45) is 4.40. The largest absolute Gasteiger partial charge is 0.341 e. The van der Waals surface area contributed by atoms with Crippen molar-refractivity contribution in [3.05, 3.63) is 30.3 Å². The molecule has 1 N–H and O–H groups in total. The van der Waals surface area contributed by atoms with Crippen molar-refractivity contribution in [2.75, 3.05) is 13.1 Å². The molecule has 0 aliphatic carbocycles. The summed E-state index contributed by atoms with van der Waals surface area (Å²) >= 11 is 0. The number of amides is 1. The van der Waals surface area contributed by atoms with Crippen molar-refractivity contribution in [1.82, 2.24) is 9.62 Å². The predicted molar refractivity (Wildman–Crippen MR) is 85.9 cm³/mol. The van der Waals surface area contributed by atoms with Crippen molar-refractivity contribution in [3.8, 4) is 0 Å². The summed E-state index contributed by atoms with van der Waals surface area (Å²) in [4.78, 5) is 14.6. The van der Waals surface area contributed by atoms with E-state index in [1.807, 2.05) is 6.92 Å². The van der Waals surface area contributed by atoms with Gasteiger partial charge in [-0.15, -0.1) is 0 Å². The van der Waals surface area contributed by atoms with Gasteiger partial charge in [0.2, 0.25) is 15.9 Å². The highest BCUT2D eigenvalue weighted by molar-refractivity contribution is 7.89. The van der Waals surface area contributed by atoms with E-state index in [4.69, 9.17) is 0 Å². The number of hydrogen-bond donors (Lipinski definition) is 1. The number of likely N-dealkylation sites (tertiary alicyclic amines) is 1. The molecule has 1 unspecified atom stereocenters. The molecular weight excluding hydrogens is 300 g/mol. The number of piperidine rings is 1. The van der Waals surface area contributed by atoms with Gasteiger partial charge in [0.25, 0.3) is 0 Å². The third-order valence-corrected chi connectivity index (χ3v) is 5.38. The highest BCUT2D eigenvalue weighted by Crippen LogP contribution is 2.14. The van der Waals surface area contributed by atoms with Crippen LogP contribution < -0.4 is 4.72 Å². The van der Waals surface area contributed by atoms with Crippen LogP contribution in [0.15, 0.2) is 35.2 Å². The molecule has 5 nitrogen and oxygen atoms in total. The highest BCUT2D eigenvalue weighted by atomic mass is 32.2. The summed E-state index contributed by atoms with van der Waals surface area (Å²) in [5.74, 6) is -0.0962. The molecule has 1 fully saturated rings. The van der Waals surface area contributed by atoms with Crippen molar-refractivity contribution in [1.29, 1.82) is 0 Å². The van der Waals surface area contributed by atoms with Crippen molar-refractivity contribution in [3.63, 3.8) is 0 Å². The van der Waals surface area contributed by atoms with Crippen molar-refractivity contribution < 1.29 is 13.2 Å². The fraction of sp³-hybridized carbons (Fsp3) is 0.562. The number of carbonyl (C=O) groups excluding carboxylic acids is 1. The van der Waals surface area contributed by atoms with Crippen LogP contribution in [0.5, 0.6) is 0 Å². The number of benzene rings is 1. The molecule has 1 aliphatic rings. The molecular formula is C16H24N2O3S. The average Bonchev–Trinajstić information content (AvgIpc) is 2.55. The molecule has 1 heterocycles. The van der Waals surface area contributed by atoms with Gasteiger partial charge in [-0.25, -0.2) is 8.42 Å². The molecule has 2 rings (SSSR count). The second-order valence-electron chi connectivity index (χ2n) is 5.66. The fourth-order valence-electron chi connectivity index (χ4n) is 2.71. The Morgan fingerprint density at radius 2 is 1.82 bits per heavy atom. The first-order valence-electron chi connectivity index (χ1n) is 7.91. The SMILES string of the molecule is CCCC(NS(=O)(=O)c1ccccc1)C(=O)N1CCCCC1. The van der Waals surface area contributed by atoms with Crippen LogP contribution in [0.2, 0.25) is 0 Å². The second-order valence-corrected chi connectivity index (χ2v) is 7.38. The standard InChI is InChI=1S/C16H24N2O3S/c1-2-9-15(16(19)18-12-7-4-8-13-18)17-22(20,21)14-10-5-3-6-11-14/h3,5-6,10-11,15,17H,2,4,7-9,12-13H2,1H3. The van der Waals surface area contributed by atoms with E-state index < -0.39 is 16.1 Å². The summed E-state index contributed by atoms with van der Waals surface area (Å²) in [7, 11) is -3.66. The van der Waals surface area contributed by atoms with Gasteiger partial charge >= 0.3 is 0 Å². The molecule has 1 aromatic rings. The van der Waals surface area contributed by atoms with Crippen LogP contribution in [-0.2, 0) is 14.8 Å². The van der Waals surface area contributed by atoms with E-state index in [9.17, 15) is 13.2 Å². The van der Waals surface area contributed by atoms with Gasteiger partial charge in [0.15, 0.2) is 0 Å². The van der Waals surface area contributed by atoms with E-state index in [2.05, 4.69) is 4.72 Å². The Kier molecular flexibility index (Phi) is 5.97. The minimum atomic E-state index is -3.66. The Hall–Kier alpha value is -1.40. The molecule has 0 aromatic heterocycles. The molecule has 122 valence electrons. The minimum Gasteiger partial charge on any atom is -0.341 e. The summed E-state index contributed by atoms with van der Waals surface area (Å²) in [5, 5.41) is 0. The third-order valence-electron chi connectivity index (χ3n) is 3.89. The molecule has 0 radical (unpaired) electrons. The van der Waals surface area contributed by atoms with E-state index >= 15 is 0 Å². The van der Waals surface area contributed by atoms with Crippen LogP contribution in [0.3, 0.4) is 0 Å². The highest BCUT2D eigenvalue weighted by Gasteiger charge is 2.29. The van der Waals surface area contributed by atoms with Gasteiger partial charge in [-0.05, 0) is 37.8 Å². The molecule has 1 aromatic carbocycles. The first kappa shape index (κ1) is 17.0. The molecule has 0 bridgehead atoms. The lowest BCUT2D eigenvalue weighted by Crippen LogP contribution is -2.49. The Bertz CT molecular complexity index is 581. The Balaban J connectivity index is 2.12. The Morgan fingerprint density at radius 3 is 2.41 bits per heavy atom. The summed E-state index contributed by atoms with van der Waals surface area (Å²) in [5.41, 5.74) is 0. The topological polar surface area (TPSA) is 66.5 Å². The van der Waals surface area contributed by atoms with E-state index in [0.29, 0.717) is 6.42 Å². The van der Waals surface area contributed by atoms with Crippen LogP contribution in [0, 0.1) is 0 Å². The van der Waals surface area contributed by atoms with Gasteiger partial charge in [-0.3, -0.25) is 4.79 Å². The maximum atomic E-state index is 12.6. The predicted octanol–water partition coefficient (Wildman–Crippen LogP) is 2.15. The maximum Gasteiger partial charge on any atom is 0.241 e. The smallest absolute Gasteiger partial charge is 0.241 e. The van der Waals surface area contributed by atoms with Gasteiger partial charge < -0.3 is 4.90 Å². The lowest BCUT2D eigenvalue weighted by atomic mass is 10.1. The van der Waals surface area contributed by atoms with Gasteiger partial charge in [0.1, 0.15) is 6.04 Å². The molecule has 0 saturated carbocycles. The molecule has 6 heteroatoms. The fourth-order valence-corrected chi connectivity index (χ4v) is 3.96. The third kappa shape index (κ3) is 4.30. The molecule has 1 atom stereocenters. The number of sulfonamides is 1. The number of hydrogen-bond acceptors (Lipinski definition) is 3. The van der Waals surface area contributed by atoms with Crippen LogP contribution in [0.1, 0.15) is 39.0 Å². The van der Waals surface area contributed by atoms with Gasteiger partial charge in [0, 0.05) is 13.1 Å². The zero-order valence-electron chi connectivity index (χ0n) is 13.0. The van der Waals surface area contributed by atoms with Gasteiger partial charge in [-0.2, -0.15) is 4.72 Å². The molecule has 22 heavy (non-hydrogen) atoms. The summed E-state index contributed by atoms with van der Waals surface area (Å²) < 4.78 is 27.4. The molecule has 1 saturated heterocycles. The molecule has 1 aliphatic heterocycles. The Labute approximate surface area is 132 Å². The van der Waals surface area contributed by atoms with E-state index in [1.165, 1.54) is 12.1 Å². The zero-order valence-corrected chi connectivity index (χ0v) is 13.8. The maximum absolute atomic E-state index is 12.6. The number of nitrogens with one attached hydrogen (secondary N) is 1. The zero-order chi connectivity index (χ0) is 16.0. The lowest BCUT2D eigenvalue weighted by Gasteiger charge is -2.30. The lowest BCUT2D eigenvalue weighted by molar-refractivity contribution is -0.134. The van der Waals surface area contributed by atoms with Crippen LogP contribution in [0.25, 0.3) is 0 Å². The monoisotopic (exact) mass is 324 g/mol. The van der Waals surface area contributed by atoms with Crippen LogP contribution in [-0.4, -0.2) is 38.4 Å². The van der Waals surface area contributed by atoms with Crippen molar-refractivity contribution >= 4 is 15.9 Å². The molecule has 0 spiro atoms. The second kappa shape index (κ2) is 7.74. The first-order chi connectivity index (χ1) is 10.5. The van der Waals surface area contributed by atoms with Crippen LogP contribution >= 0.6 is 0 Å². The van der Waals surface area contributed by atoms with Crippen molar-refractivity contribution in [2.24, 2.45) is 0 Å². The van der Waals surface area contributed by atoms with Crippen LogP contribution in [0.4, 0.5) is 0 Å². The Morgan fingerprint density at radius 1 is 1.18 bits per heavy atom. The number of carbonyl (C=O) groups is 1. The number of rotatable bonds is 6. The van der Waals surface area contributed by atoms with Crippen molar-refractivity contribution in [2.45, 2.75) is 50.0 Å². The molecule has 1 amide bonds. The summed E-state index contributed by atoms with van der Waals surface area (Å²) in [6, 6.07) is 7.52. The average molecular weight is 324 g/mol.